The van der Waals surface area contributed by atoms with Gasteiger partial charge in [-0.1, -0.05) is 66.7 Å². The predicted molar refractivity (Wildman–Crippen MR) is 131 cm³/mol. The highest BCUT2D eigenvalue weighted by Gasteiger charge is 2.14. The zero-order valence-corrected chi connectivity index (χ0v) is 17.7. The summed E-state index contributed by atoms with van der Waals surface area (Å²) in [6.07, 6.45) is 0. The first-order valence-corrected chi connectivity index (χ1v) is 10.6. The number of carbonyl (C=O) groups is 2. The predicted octanol–water partition coefficient (Wildman–Crippen LogP) is 5.02. The maximum absolute atomic E-state index is 13.0. The standard InChI is InChI=1S/C28H20N2O3/c31-26(29-21-12-8-11-20(17-21)27(32)19-9-2-1-3-10-19)18-30-24-15-6-4-13-22(24)28(33)23-14-5-7-16-25(23)30/h1-17H,18H2,(H,29,31). The zero-order valence-electron chi connectivity index (χ0n) is 17.7. The smallest absolute Gasteiger partial charge is 0.244 e. The number of amides is 1. The number of aromatic nitrogens is 1. The Morgan fingerprint density at radius 3 is 1.91 bits per heavy atom. The lowest BCUT2D eigenvalue weighted by atomic mass is 10.0. The molecule has 0 aliphatic carbocycles. The summed E-state index contributed by atoms with van der Waals surface area (Å²) in [5.74, 6) is -0.359. The van der Waals surface area contributed by atoms with E-state index in [0.29, 0.717) is 38.6 Å². The second kappa shape index (κ2) is 8.55. The molecule has 0 aliphatic rings. The summed E-state index contributed by atoms with van der Waals surface area (Å²) >= 11 is 0. The van der Waals surface area contributed by atoms with E-state index < -0.39 is 0 Å². The van der Waals surface area contributed by atoms with Crippen molar-refractivity contribution >= 4 is 39.2 Å². The third kappa shape index (κ3) is 3.92. The molecule has 1 amide bonds. The fraction of sp³-hybridized carbons (Fsp3) is 0.0357. The maximum Gasteiger partial charge on any atom is 0.244 e. The minimum atomic E-state index is -0.252. The van der Waals surface area contributed by atoms with E-state index in [1.165, 1.54) is 0 Å². The van der Waals surface area contributed by atoms with Crippen LogP contribution in [0.25, 0.3) is 21.8 Å². The summed E-state index contributed by atoms with van der Waals surface area (Å²) in [5.41, 5.74) is 2.97. The van der Waals surface area contributed by atoms with Crippen molar-refractivity contribution in [3.05, 3.63) is 124 Å². The minimum absolute atomic E-state index is 0.0260. The Morgan fingerprint density at radius 1 is 0.667 bits per heavy atom. The molecule has 1 heterocycles. The molecule has 5 nitrogen and oxygen atoms in total. The van der Waals surface area contributed by atoms with E-state index in [0.717, 1.165) is 0 Å². The van der Waals surface area contributed by atoms with Crippen LogP contribution < -0.4 is 10.7 Å². The number of anilines is 1. The van der Waals surface area contributed by atoms with Crippen LogP contribution in [0.1, 0.15) is 15.9 Å². The van der Waals surface area contributed by atoms with Gasteiger partial charge in [-0.05, 0) is 36.4 Å². The van der Waals surface area contributed by atoms with Gasteiger partial charge < -0.3 is 9.88 Å². The summed E-state index contributed by atoms with van der Waals surface area (Å²) < 4.78 is 1.85. The van der Waals surface area contributed by atoms with E-state index in [1.807, 2.05) is 59.2 Å². The van der Waals surface area contributed by atoms with Gasteiger partial charge in [-0.3, -0.25) is 14.4 Å². The van der Waals surface area contributed by atoms with Crippen molar-refractivity contribution in [1.29, 1.82) is 0 Å². The van der Waals surface area contributed by atoms with Crippen LogP contribution in [0.15, 0.2) is 108 Å². The SMILES string of the molecule is O=C(Cn1c2ccccc2c(=O)c2ccccc21)Nc1cccc(C(=O)c2ccccc2)c1. The molecule has 160 valence electrons. The lowest BCUT2D eigenvalue weighted by Crippen LogP contribution is -2.21. The average molecular weight is 432 g/mol. The molecule has 0 fully saturated rings. The van der Waals surface area contributed by atoms with Crippen molar-refractivity contribution in [2.75, 3.05) is 5.32 Å². The number of nitrogens with zero attached hydrogens (tertiary/aromatic N) is 1. The number of carbonyl (C=O) groups excluding carboxylic acids is 2. The van der Waals surface area contributed by atoms with E-state index in [9.17, 15) is 14.4 Å². The summed E-state index contributed by atoms with van der Waals surface area (Å²) in [7, 11) is 0. The van der Waals surface area contributed by atoms with Gasteiger partial charge in [0.05, 0.1) is 11.0 Å². The number of benzene rings is 4. The summed E-state index contributed by atoms with van der Waals surface area (Å²) in [4.78, 5) is 38.7. The molecule has 5 rings (SSSR count). The normalized spacial score (nSPS) is 10.9. The molecule has 33 heavy (non-hydrogen) atoms. The van der Waals surface area contributed by atoms with Crippen LogP contribution in [0.4, 0.5) is 5.69 Å². The van der Waals surface area contributed by atoms with Gasteiger partial charge in [-0.2, -0.15) is 0 Å². The first-order valence-electron chi connectivity index (χ1n) is 10.6. The highest BCUT2D eigenvalue weighted by atomic mass is 16.2. The number of para-hydroxylation sites is 2. The number of ketones is 1. The van der Waals surface area contributed by atoms with Gasteiger partial charge in [0.15, 0.2) is 11.2 Å². The summed E-state index contributed by atoms with van der Waals surface area (Å²) in [5, 5.41) is 4.03. The molecule has 0 saturated heterocycles. The van der Waals surface area contributed by atoms with Crippen molar-refractivity contribution in [1.82, 2.24) is 4.57 Å². The highest BCUT2D eigenvalue weighted by Crippen LogP contribution is 2.20. The van der Waals surface area contributed by atoms with Crippen LogP contribution in [0, 0.1) is 0 Å². The number of hydrogen-bond acceptors (Lipinski definition) is 3. The molecule has 0 spiro atoms. The average Bonchev–Trinajstić information content (AvgIpc) is 2.87. The second-order valence-electron chi connectivity index (χ2n) is 7.77. The number of rotatable bonds is 5. The van der Waals surface area contributed by atoms with E-state index in [4.69, 9.17) is 0 Å². The van der Waals surface area contributed by atoms with E-state index in [-0.39, 0.29) is 23.7 Å². The first-order chi connectivity index (χ1) is 16.1. The molecule has 1 aromatic heterocycles. The zero-order chi connectivity index (χ0) is 22.8. The number of hydrogen-bond donors (Lipinski definition) is 1. The molecular weight excluding hydrogens is 412 g/mol. The van der Waals surface area contributed by atoms with Gasteiger partial charge in [0.1, 0.15) is 6.54 Å². The molecule has 0 unspecified atom stereocenters. The Hall–Kier alpha value is -4.51. The Labute approximate surface area is 189 Å². The second-order valence-corrected chi connectivity index (χ2v) is 7.77. The van der Waals surface area contributed by atoms with Crippen LogP contribution in [-0.2, 0) is 11.3 Å². The third-order valence-corrected chi connectivity index (χ3v) is 5.63. The Kier molecular flexibility index (Phi) is 5.29. The van der Waals surface area contributed by atoms with Gasteiger partial charge in [0.25, 0.3) is 0 Å². The molecule has 0 radical (unpaired) electrons. The largest absolute Gasteiger partial charge is 0.331 e. The number of nitrogens with one attached hydrogen (secondary N) is 1. The molecule has 0 bridgehead atoms. The molecule has 0 aliphatic heterocycles. The molecule has 0 saturated carbocycles. The van der Waals surface area contributed by atoms with E-state index in [2.05, 4.69) is 5.32 Å². The van der Waals surface area contributed by atoms with Crippen LogP contribution in [0.5, 0.6) is 0 Å². The van der Waals surface area contributed by atoms with Crippen molar-refractivity contribution in [3.63, 3.8) is 0 Å². The molecule has 0 atom stereocenters. The van der Waals surface area contributed by atoms with Crippen molar-refractivity contribution in [2.45, 2.75) is 6.54 Å². The first kappa shape index (κ1) is 20.4. The van der Waals surface area contributed by atoms with Crippen molar-refractivity contribution < 1.29 is 9.59 Å². The number of fused-ring (bicyclic) bond motifs is 2. The third-order valence-electron chi connectivity index (χ3n) is 5.63. The highest BCUT2D eigenvalue weighted by molar-refractivity contribution is 6.09. The molecule has 4 aromatic carbocycles. The Bertz CT molecular complexity index is 1510. The van der Waals surface area contributed by atoms with Crippen molar-refractivity contribution in [3.8, 4) is 0 Å². The van der Waals surface area contributed by atoms with Crippen molar-refractivity contribution in [2.24, 2.45) is 0 Å². The van der Waals surface area contributed by atoms with Crippen LogP contribution in [0.3, 0.4) is 0 Å². The molecule has 1 N–H and O–H groups in total. The quantitative estimate of drug-likeness (QED) is 0.313. The minimum Gasteiger partial charge on any atom is -0.331 e. The topological polar surface area (TPSA) is 68.2 Å². The van der Waals surface area contributed by atoms with Crippen LogP contribution in [0.2, 0.25) is 0 Å². The molecule has 5 heteroatoms. The van der Waals surface area contributed by atoms with Crippen LogP contribution >= 0.6 is 0 Å². The Balaban J connectivity index is 1.46. The summed E-state index contributed by atoms with van der Waals surface area (Å²) in [6, 6.07) is 30.5. The van der Waals surface area contributed by atoms with E-state index in [1.54, 1.807) is 48.5 Å². The molecule has 5 aromatic rings. The maximum atomic E-state index is 13.0. The van der Waals surface area contributed by atoms with Gasteiger partial charge in [-0.15, -0.1) is 0 Å². The lowest BCUT2D eigenvalue weighted by Gasteiger charge is -2.15. The monoisotopic (exact) mass is 432 g/mol. The summed E-state index contributed by atoms with van der Waals surface area (Å²) in [6.45, 7) is 0.0260. The van der Waals surface area contributed by atoms with E-state index >= 15 is 0 Å². The molecular formula is C28H20N2O3. The van der Waals surface area contributed by atoms with Crippen LogP contribution in [-0.4, -0.2) is 16.3 Å². The Morgan fingerprint density at radius 2 is 1.24 bits per heavy atom. The van der Waals surface area contributed by atoms with Gasteiger partial charge >= 0.3 is 0 Å². The fourth-order valence-electron chi connectivity index (χ4n) is 4.09. The van der Waals surface area contributed by atoms with Gasteiger partial charge in [0.2, 0.25) is 5.91 Å². The van der Waals surface area contributed by atoms with Gasteiger partial charge in [0, 0.05) is 27.6 Å². The van der Waals surface area contributed by atoms with Gasteiger partial charge in [-0.25, -0.2) is 0 Å². The number of pyridine rings is 1. The lowest BCUT2D eigenvalue weighted by molar-refractivity contribution is -0.116. The fourth-order valence-corrected chi connectivity index (χ4v) is 4.09.